The molecule has 1 saturated carbocycles. The normalized spacial score (nSPS) is 23.8. The first-order valence-electron chi connectivity index (χ1n) is 6.52. The number of carbonyl (C=O) groups is 1. The van der Waals surface area contributed by atoms with Crippen molar-refractivity contribution in [1.29, 1.82) is 0 Å². The molecule has 0 N–H and O–H groups in total. The lowest BCUT2D eigenvalue weighted by Crippen LogP contribution is -2.29. The number of methoxy groups -OCH3 is 1. The molecule has 0 aliphatic heterocycles. The molecule has 3 nitrogen and oxygen atoms in total. The monoisotopic (exact) mass is 248 g/mol. The molecule has 0 amide bonds. The zero-order valence-electron chi connectivity index (χ0n) is 10.8. The quantitative estimate of drug-likeness (QED) is 0.752. The Bertz CT molecular complexity index is 375. The van der Waals surface area contributed by atoms with Gasteiger partial charge in [0.2, 0.25) is 0 Å². The Morgan fingerprint density at radius 1 is 1.22 bits per heavy atom. The van der Waals surface area contributed by atoms with E-state index in [2.05, 4.69) is 0 Å². The SMILES string of the molecule is COC1CCCC(OCC(=O)c2ccccc2)C1. The second kappa shape index (κ2) is 6.66. The average molecular weight is 248 g/mol. The predicted molar refractivity (Wildman–Crippen MR) is 69.8 cm³/mol. The number of ether oxygens (including phenoxy) is 2. The number of rotatable bonds is 5. The third-order valence-corrected chi connectivity index (χ3v) is 3.46. The van der Waals surface area contributed by atoms with E-state index in [4.69, 9.17) is 9.47 Å². The Morgan fingerprint density at radius 3 is 2.67 bits per heavy atom. The molecule has 1 aliphatic rings. The number of Topliss-reactive ketones (excluding diaryl/α,β-unsaturated/α-hetero) is 1. The van der Waals surface area contributed by atoms with Crippen LogP contribution >= 0.6 is 0 Å². The fourth-order valence-electron chi connectivity index (χ4n) is 2.37. The molecule has 3 heteroatoms. The van der Waals surface area contributed by atoms with Gasteiger partial charge in [0.25, 0.3) is 0 Å². The molecule has 0 aromatic heterocycles. The molecule has 1 aliphatic carbocycles. The second-order valence-corrected chi connectivity index (χ2v) is 4.75. The van der Waals surface area contributed by atoms with Gasteiger partial charge in [0.15, 0.2) is 5.78 Å². The third-order valence-electron chi connectivity index (χ3n) is 3.46. The van der Waals surface area contributed by atoms with E-state index in [1.54, 1.807) is 7.11 Å². The van der Waals surface area contributed by atoms with E-state index < -0.39 is 0 Å². The van der Waals surface area contributed by atoms with Crippen LogP contribution in [0, 0.1) is 0 Å². The predicted octanol–water partition coefficient (Wildman–Crippen LogP) is 2.84. The van der Waals surface area contributed by atoms with Crippen molar-refractivity contribution in [3.63, 3.8) is 0 Å². The summed E-state index contributed by atoms with van der Waals surface area (Å²) in [5.74, 6) is 0.0511. The van der Waals surface area contributed by atoms with Crippen molar-refractivity contribution >= 4 is 5.78 Å². The van der Waals surface area contributed by atoms with Gasteiger partial charge in [-0.3, -0.25) is 4.79 Å². The maximum absolute atomic E-state index is 11.9. The highest BCUT2D eigenvalue weighted by molar-refractivity contribution is 5.96. The van der Waals surface area contributed by atoms with E-state index in [0.29, 0.717) is 0 Å². The lowest BCUT2D eigenvalue weighted by molar-refractivity contribution is -0.0243. The van der Waals surface area contributed by atoms with E-state index in [0.717, 1.165) is 31.2 Å². The third kappa shape index (κ3) is 3.65. The molecule has 0 spiro atoms. The van der Waals surface area contributed by atoms with Crippen molar-refractivity contribution < 1.29 is 14.3 Å². The van der Waals surface area contributed by atoms with Crippen molar-refractivity contribution in [2.75, 3.05) is 13.7 Å². The van der Waals surface area contributed by atoms with Crippen molar-refractivity contribution in [2.24, 2.45) is 0 Å². The Kier molecular flexibility index (Phi) is 4.90. The molecular weight excluding hydrogens is 228 g/mol. The lowest BCUT2D eigenvalue weighted by atomic mass is 9.95. The highest BCUT2D eigenvalue weighted by Crippen LogP contribution is 2.23. The van der Waals surface area contributed by atoms with Crippen LogP contribution in [0.4, 0.5) is 0 Å². The van der Waals surface area contributed by atoms with Gasteiger partial charge in [-0.15, -0.1) is 0 Å². The van der Waals surface area contributed by atoms with Crippen LogP contribution in [0.5, 0.6) is 0 Å². The molecular formula is C15H20O3. The van der Waals surface area contributed by atoms with Gasteiger partial charge < -0.3 is 9.47 Å². The minimum atomic E-state index is 0.0511. The van der Waals surface area contributed by atoms with Crippen LogP contribution in [0.25, 0.3) is 0 Å². The molecule has 0 saturated heterocycles. The Morgan fingerprint density at radius 2 is 1.94 bits per heavy atom. The fraction of sp³-hybridized carbons (Fsp3) is 0.533. The smallest absolute Gasteiger partial charge is 0.188 e. The van der Waals surface area contributed by atoms with Crippen LogP contribution in [0.3, 0.4) is 0 Å². The number of benzene rings is 1. The topological polar surface area (TPSA) is 35.5 Å². The summed E-state index contributed by atoms with van der Waals surface area (Å²) in [5.41, 5.74) is 0.719. The molecule has 2 rings (SSSR count). The molecule has 1 aromatic rings. The van der Waals surface area contributed by atoms with E-state index in [1.807, 2.05) is 30.3 Å². The van der Waals surface area contributed by atoms with Crippen LogP contribution in [-0.2, 0) is 9.47 Å². The summed E-state index contributed by atoms with van der Waals surface area (Å²) < 4.78 is 11.0. The summed E-state index contributed by atoms with van der Waals surface area (Å²) in [4.78, 5) is 11.9. The number of hydrogen-bond acceptors (Lipinski definition) is 3. The van der Waals surface area contributed by atoms with Crippen LogP contribution in [0.1, 0.15) is 36.0 Å². The first-order valence-corrected chi connectivity index (χ1v) is 6.52. The van der Waals surface area contributed by atoms with Gasteiger partial charge in [-0.25, -0.2) is 0 Å². The van der Waals surface area contributed by atoms with Gasteiger partial charge in [-0.1, -0.05) is 30.3 Å². The minimum Gasteiger partial charge on any atom is -0.381 e. The summed E-state index contributed by atoms with van der Waals surface area (Å²) in [6.45, 7) is 0.172. The van der Waals surface area contributed by atoms with Gasteiger partial charge >= 0.3 is 0 Å². The van der Waals surface area contributed by atoms with E-state index in [-0.39, 0.29) is 24.6 Å². The lowest BCUT2D eigenvalue weighted by Gasteiger charge is -2.27. The number of hydrogen-bond donors (Lipinski definition) is 0. The largest absolute Gasteiger partial charge is 0.381 e. The molecule has 1 aromatic carbocycles. The first kappa shape index (κ1) is 13.2. The molecule has 18 heavy (non-hydrogen) atoms. The summed E-state index contributed by atoms with van der Waals surface area (Å²) >= 11 is 0. The maximum atomic E-state index is 11.9. The Hall–Kier alpha value is -1.19. The molecule has 0 radical (unpaired) electrons. The van der Waals surface area contributed by atoms with Gasteiger partial charge in [0.1, 0.15) is 6.61 Å². The van der Waals surface area contributed by atoms with Gasteiger partial charge in [-0.05, 0) is 25.7 Å². The molecule has 2 atom stereocenters. The van der Waals surface area contributed by atoms with Gasteiger partial charge in [0.05, 0.1) is 12.2 Å². The van der Waals surface area contributed by atoms with Crippen LogP contribution in [0.15, 0.2) is 30.3 Å². The van der Waals surface area contributed by atoms with Crippen LogP contribution in [0.2, 0.25) is 0 Å². The molecule has 0 heterocycles. The van der Waals surface area contributed by atoms with Gasteiger partial charge in [-0.2, -0.15) is 0 Å². The molecule has 2 unspecified atom stereocenters. The summed E-state index contributed by atoms with van der Waals surface area (Å²) in [6, 6.07) is 9.29. The van der Waals surface area contributed by atoms with Crippen LogP contribution in [-0.4, -0.2) is 31.7 Å². The first-order chi connectivity index (χ1) is 8.79. The molecule has 0 bridgehead atoms. The van der Waals surface area contributed by atoms with E-state index in [9.17, 15) is 4.79 Å². The summed E-state index contributed by atoms with van der Waals surface area (Å²) in [7, 11) is 1.74. The van der Waals surface area contributed by atoms with Crippen molar-refractivity contribution in [2.45, 2.75) is 37.9 Å². The Balaban J connectivity index is 1.79. The minimum absolute atomic E-state index is 0.0511. The maximum Gasteiger partial charge on any atom is 0.188 e. The Labute approximate surface area is 108 Å². The van der Waals surface area contributed by atoms with Gasteiger partial charge in [0, 0.05) is 12.7 Å². The molecule has 1 fully saturated rings. The average Bonchev–Trinajstić information content (AvgIpc) is 2.46. The van der Waals surface area contributed by atoms with Crippen molar-refractivity contribution in [3.05, 3.63) is 35.9 Å². The van der Waals surface area contributed by atoms with Crippen LogP contribution < -0.4 is 0 Å². The van der Waals surface area contributed by atoms with E-state index in [1.165, 1.54) is 0 Å². The van der Waals surface area contributed by atoms with E-state index >= 15 is 0 Å². The summed E-state index contributed by atoms with van der Waals surface area (Å²) in [6.07, 6.45) is 4.60. The standard InChI is InChI=1S/C15H20O3/c1-17-13-8-5-9-14(10-13)18-11-15(16)12-6-3-2-4-7-12/h2-4,6-7,13-14H,5,8-11H2,1H3. The van der Waals surface area contributed by atoms with Crippen molar-refractivity contribution in [3.8, 4) is 0 Å². The number of carbonyl (C=O) groups excluding carboxylic acids is 1. The fourth-order valence-corrected chi connectivity index (χ4v) is 2.37. The zero-order valence-corrected chi connectivity index (χ0v) is 10.8. The highest BCUT2D eigenvalue weighted by atomic mass is 16.5. The zero-order chi connectivity index (χ0) is 12.8. The number of ketones is 1. The molecule has 98 valence electrons. The van der Waals surface area contributed by atoms with Crippen molar-refractivity contribution in [1.82, 2.24) is 0 Å². The second-order valence-electron chi connectivity index (χ2n) is 4.75. The highest BCUT2D eigenvalue weighted by Gasteiger charge is 2.22. The summed E-state index contributed by atoms with van der Waals surface area (Å²) in [5, 5.41) is 0.